The molecular weight excluding hydrogens is 282 g/mol. The molecule has 80 valence electrons. The molecule has 1 aromatic heterocycles. The van der Waals surface area contributed by atoms with Crippen LogP contribution in [0.3, 0.4) is 0 Å². The third-order valence-corrected chi connectivity index (χ3v) is 3.94. The first-order valence-corrected chi connectivity index (χ1v) is 5.96. The summed E-state index contributed by atoms with van der Waals surface area (Å²) in [5.41, 5.74) is -1.17. The summed E-state index contributed by atoms with van der Waals surface area (Å²) in [4.78, 5) is 22.5. The van der Waals surface area contributed by atoms with E-state index in [0.29, 0.717) is 17.8 Å². The molecule has 1 heterocycles. The van der Waals surface area contributed by atoms with Gasteiger partial charge in [-0.2, -0.15) is 0 Å². The zero-order valence-electron chi connectivity index (χ0n) is 7.62. The first kappa shape index (κ1) is 10.6. The Morgan fingerprint density at radius 1 is 1.47 bits per heavy atom. The summed E-state index contributed by atoms with van der Waals surface area (Å²) in [5, 5.41) is 12.2. The predicted octanol–water partition coefficient (Wildman–Crippen LogP) is 2.31. The molecule has 2 N–H and O–H groups in total. The van der Waals surface area contributed by atoms with Crippen molar-refractivity contribution in [2.24, 2.45) is 5.41 Å². The third-order valence-electron chi connectivity index (χ3n) is 2.40. The van der Waals surface area contributed by atoms with Crippen LogP contribution in [-0.4, -0.2) is 17.0 Å². The highest BCUT2D eigenvalue weighted by molar-refractivity contribution is 9.11. The largest absolute Gasteiger partial charge is 0.480 e. The van der Waals surface area contributed by atoms with Gasteiger partial charge in [0.15, 0.2) is 0 Å². The van der Waals surface area contributed by atoms with Gasteiger partial charge in [-0.1, -0.05) is 0 Å². The second-order valence-electron chi connectivity index (χ2n) is 3.45. The Hall–Kier alpha value is -0.880. The second-order valence-corrected chi connectivity index (χ2v) is 5.91. The molecule has 4 nitrogen and oxygen atoms in total. The number of anilines is 1. The Morgan fingerprint density at radius 3 is 2.53 bits per heavy atom. The van der Waals surface area contributed by atoms with Gasteiger partial charge < -0.3 is 10.4 Å². The highest BCUT2D eigenvalue weighted by Crippen LogP contribution is 2.47. The highest BCUT2D eigenvalue weighted by Gasteiger charge is 2.57. The Morgan fingerprint density at radius 2 is 2.13 bits per heavy atom. The van der Waals surface area contributed by atoms with Crippen LogP contribution in [0.15, 0.2) is 15.9 Å². The molecule has 0 unspecified atom stereocenters. The number of nitrogens with one attached hydrogen (secondary N) is 1. The summed E-state index contributed by atoms with van der Waals surface area (Å²) in [5.74, 6) is -1.44. The summed E-state index contributed by atoms with van der Waals surface area (Å²) >= 11 is 4.63. The maximum Gasteiger partial charge on any atom is 0.319 e. The summed E-state index contributed by atoms with van der Waals surface area (Å²) in [6, 6.07) is 3.55. The molecule has 0 aliphatic heterocycles. The number of hydrogen-bond acceptors (Lipinski definition) is 3. The van der Waals surface area contributed by atoms with Crippen molar-refractivity contribution in [3.8, 4) is 0 Å². The number of carbonyl (C=O) groups is 2. The van der Waals surface area contributed by atoms with Crippen LogP contribution in [0, 0.1) is 5.41 Å². The van der Waals surface area contributed by atoms with Crippen LogP contribution in [-0.2, 0) is 9.59 Å². The van der Waals surface area contributed by atoms with Crippen LogP contribution in [0.25, 0.3) is 0 Å². The molecule has 1 aliphatic rings. The van der Waals surface area contributed by atoms with Gasteiger partial charge in [-0.15, -0.1) is 11.3 Å². The standard InChI is InChI=1S/C9H8BrNO3S/c10-5-1-2-6(15-5)11-7(12)9(3-4-9)8(13)14/h1-2H,3-4H2,(H,11,12)(H,13,14). The average molecular weight is 290 g/mol. The number of rotatable bonds is 3. The minimum Gasteiger partial charge on any atom is -0.480 e. The van der Waals surface area contributed by atoms with E-state index in [-0.39, 0.29) is 0 Å². The quantitative estimate of drug-likeness (QED) is 0.839. The molecule has 0 saturated heterocycles. The van der Waals surface area contributed by atoms with Gasteiger partial charge in [-0.05, 0) is 40.9 Å². The number of halogens is 1. The molecule has 0 bridgehead atoms. The van der Waals surface area contributed by atoms with Crippen LogP contribution < -0.4 is 5.32 Å². The van der Waals surface area contributed by atoms with Gasteiger partial charge in [0.25, 0.3) is 0 Å². The Balaban J connectivity index is 2.08. The summed E-state index contributed by atoms with van der Waals surface area (Å²) in [6.07, 6.45) is 0.863. The minimum absolute atomic E-state index is 0.413. The number of hydrogen-bond donors (Lipinski definition) is 2. The molecule has 6 heteroatoms. The second kappa shape index (κ2) is 3.61. The van der Waals surface area contributed by atoms with E-state index in [1.165, 1.54) is 11.3 Å². The number of carboxylic acids is 1. The molecule has 1 fully saturated rings. The van der Waals surface area contributed by atoms with Gasteiger partial charge in [-0.3, -0.25) is 9.59 Å². The molecule has 0 radical (unpaired) electrons. The lowest BCUT2D eigenvalue weighted by Crippen LogP contribution is -2.30. The van der Waals surface area contributed by atoms with Gasteiger partial charge in [0, 0.05) is 0 Å². The zero-order chi connectivity index (χ0) is 11.1. The van der Waals surface area contributed by atoms with E-state index in [1.807, 2.05) is 0 Å². The predicted molar refractivity (Wildman–Crippen MR) is 60.0 cm³/mol. The third kappa shape index (κ3) is 1.91. The normalized spacial score (nSPS) is 17.1. The van der Waals surface area contributed by atoms with E-state index < -0.39 is 17.3 Å². The summed E-state index contributed by atoms with van der Waals surface area (Å²) in [7, 11) is 0. The van der Waals surface area contributed by atoms with Crippen molar-refractivity contribution in [3.05, 3.63) is 15.9 Å². The molecule has 15 heavy (non-hydrogen) atoms. The fourth-order valence-electron chi connectivity index (χ4n) is 1.28. The van der Waals surface area contributed by atoms with Crippen LogP contribution >= 0.6 is 27.3 Å². The van der Waals surface area contributed by atoms with Gasteiger partial charge in [0.05, 0.1) is 8.79 Å². The Kier molecular flexibility index (Phi) is 2.56. The maximum atomic E-state index is 11.6. The van der Waals surface area contributed by atoms with E-state index >= 15 is 0 Å². The zero-order valence-corrected chi connectivity index (χ0v) is 10.0. The van der Waals surface area contributed by atoms with Gasteiger partial charge in [0.2, 0.25) is 5.91 Å². The molecular formula is C9H8BrNO3S. The lowest BCUT2D eigenvalue weighted by Gasteiger charge is -2.08. The van der Waals surface area contributed by atoms with Crippen molar-refractivity contribution < 1.29 is 14.7 Å². The van der Waals surface area contributed by atoms with Crippen LogP contribution in [0.4, 0.5) is 5.00 Å². The lowest BCUT2D eigenvalue weighted by molar-refractivity contribution is -0.147. The Labute approximate surface area is 98.4 Å². The first-order chi connectivity index (χ1) is 7.04. The van der Waals surface area contributed by atoms with Gasteiger partial charge in [0.1, 0.15) is 5.41 Å². The number of thiophene rings is 1. The minimum atomic E-state index is -1.17. The summed E-state index contributed by atoms with van der Waals surface area (Å²) in [6.45, 7) is 0. The summed E-state index contributed by atoms with van der Waals surface area (Å²) < 4.78 is 0.901. The van der Waals surface area contributed by atoms with E-state index in [4.69, 9.17) is 5.11 Å². The molecule has 1 amide bonds. The molecule has 0 aromatic carbocycles. The first-order valence-electron chi connectivity index (χ1n) is 4.35. The molecule has 2 rings (SSSR count). The molecule has 1 aromatic rings. The van der Waals surface area contributed by atoms with Gasteiger partial charge >= 0.3 is 5.97 Å². The number of carboxylic acid groups (broad SMARTS) is 1. The number of amides is 1. The SMILES string of the molecule is O=C(O)C1(C(=O)Nc2ccc(Br)s2)CC1. The van der Waals surface area contributed by atoms with E-state index in [9.17, 15) is 9.59 Å². The topological polar surface area (TPSA) is 66.4 Å². The smallest absolute Gasteiger partial charge is 0.319 e. The van der Waals surface area contributed by atoms with Crippen molar-refractivity contribution in [2.45, 2.75) is 12.8 Å². The molecule has 0 spiro atoms. The fraction of sp³-hybridized carbons (Fsp3) is 0.333. The monoisotopic (exact) mass is 289 g/mol. The fourth-order valence-corrected chi connectivity index (χ4v) is 2.56. The average Bonchev–Trinajstić information content (AvgIpc) is 2.88. The van der Waals surface area contributed by atoms with Crippen LogP contribution in [0.1, 0.15) is 12.8 Å². The van der Waals surface area contributed by atoms with Crippen LogP contribution in [0.5, 0.6) is 0 Å². The van der Waals surface area contributed by atoms with Crippen LogP contribution in [0.2, 0.25) is 0 Å². The van der Waals surface area contributed by atoms with E-state index in [2.05, 4.69) is 21.2 Å². The van der Waals surface area contributed by atoms with Crippen molar-refractivity contribution in [2.75, 3.05) is 5.32 Å². The van der Waals surface area contributed by atoms with Crippen molar-refractivity contribution in [3.63, 3.8) is 0 Å². The van der Waals surface area contributed by atoms with E-state index in [0.717, 1.165) is 3.79 Å². The maximum absolute atomic E-state index is 11.6. The molecule has 1 saturated carbocycles. The number of aliphatic carboxylic acids is 1. The van der Waals surface area contributed by atoms with Gasteiger partial charge in [-0.25, -0.2) is 0 Å². The van der Waals surface area contributed by atoms with Crippen molar-refractivity contribution in [1.29, 1.82) is 0 Å². The highest BCUT2D eigenvalue weighted by atomic mass is 79.9. The lowest BCUT2D eigenvalue weighted by atomic mass is 10.1. The van der Waals surface area contributed by atoms with Crippen molar-refractivity contribution in [1.82, 2.24) is 0 Å². The molecule has 1 aliphatic carbocycles. The van der Waals surface area contributed by atoms with Crippen molar-refractivity contribution >= 4 is 44.1 Å². The molecule has 0 atom stereocenters. The number of carbonyl (C=O) groups excluding carboxylic acids is 1. The Bertz CT molecular complexity index is 425. The van der Waals surface area contributed by atoms with E-state index in [1.54, 1.807) is 12.1 Å².